The van der Waals surface area contributed by atoms with E-state index in [9.17, 15) is 24.3 Å². The monoisotopic (exact) mass is 489 g/mol. The van der Waals surface area contributed by atoms with Gasteiger partial charge in [0.25, 0.3) is 0 Å². The summed E-state index contributed by atoms with van der Waals surface area (Å²) in [6.45, 7) is 8.36. The number of hydrogen-bond donors (Lipinski definition) is 3. The fourth-order valence-corrected chi connectivity index (χ4v) is 4.08. The number of amides is 3. The zero-order valence-electron chi connectivity index (χ0n) is 20.9. The number of aliphatic hydroxyl groups excluding tert-OH is 1. The van der Waals surface area contributed by atoms with Crippen LogP contribution < -0.4 is 15.5 Å². The molecule has 0 bridgehead atoms. The van der Waals surface area contributed by atoms with Crippen LogP contribution in [-0.2, 0) is 30.3 Å². The highest BCUT2D eigenvalue weighted by Crippen LogP contribution is 2.33. The molecule has 35 heavy (non-hydrogen) atoms. The molecule has 3 atom stereocenters. The summed E-state index contributed by atoms with van der Waals surface area (Å²) >= 11 is 0. The van der Waals surface area contributed by atoms with Crippen LogP contribution in [0.1, 0.15) is 46.6 Å². The average Bonchev–Trinajstić information content (AvgIpc) is 3.47. The van der Waals surface area contributed by atoms with Crippen molar-refractivity contribution in [1.82, 2.24) is 10.6 Å². The first kappa shape index (κ1) is 26.6. The second kappa shape index (κ2) is 10.3. The maximum absolute atomic E-state index is 13.1. The van der Waals surface area contributed by atoms with E-state index < -0.39 is 47.8 Å². The maximum atomic E-state index is 13.1. The SMILES string of the molecule is CC(C)CC(NC(=O)CNC(=O)C1Cc2ccccc2N1C(=O)OC(C)(C)C)C(=O)C1(CO)CO1. The number of anilines is 1. The number of nitrogens with one attached hydrogen (secondary N) is 2. The number of benzene rings is 1. The minimum Gasteiger partial charge on any atom is -0.443 e. The third kappa shape index (κ3) is 6.37. The lowest BCUT2D eigenvalue weighted by Crippen LogP contribution is -2.53. The molecule has 1 aromatic carbocycles. The van der Waals surface area contributed by atoms with Crippen molar-refractivity contribution in [3.63, 3.8) is 0 Å². The van der Waals surface area contributed by atoms with Crippen molar-refractivity contribution in [2.24, 2.45) is 5.92 Å². The second-order valence-corrected chi connectivity index (χ2v) is 10.5. The minimum absolute atomic E-state index is 0.104. The number of nitrogens with zero attached hydrogens (tertiary/aromatic N) is 1. The van der Waals surface area contributed by atoms with Crippen LogP contribution >= 0.6 is 0 Å². The zero-order chi connectivity index (χ0) is 26.0. The first-order valence-corrected chi connectivity index (χ1v) is 11.8. The van der Waals surface area contributed by atoms with Crippen LogP contribution in [0.3, 0.4) is 0 Å². The van der Waals surface area contributed by atoms with Crippen molar-refractivity contribution in [3.05, 3.63) is 29.8 Å². The Labute approximate surface area is 205 Å². The lowest BCUT2D eigenvalue weighted by atomic mass is 9.93. The third-order valence-corrected chi connectivity index (χ3v) is 5.85. The lowest BCUT2D eigenvalue weighted by molar-refractivity contribution is -0.132. The number of carbonyl (C=O) groups is 4. The van der Waals surface area contributed by atoms with Gasteiger partial charge in [0.1, 0.15) is 11.6 Å². The molecule has 1 aromatic rings. The Morgan fingerprint density at radius 3 is 2.46 bits per heavy atom. The van der Waals surface area contributed by atoms with Gasteiger partial charge in [0.05, 0.1) is 31.5 Å². The minimum atomic E-state index is -1.25. The van der Waals surface area contributed by atoms with Crippen molar-refractivity contribution < 1.29 is 33.8 Å². The van der Waals surface area contributed by atoms with Gasteiger partial charge in [-0.2, -0.15) is 0 Å². The Morgan fingerprint density at radius 2 is 1.89 bits per heavy atom. The van der Waals surface area contributed by atoms with Gasteiger partial charge in [-0.15, -0.1) is 0 Å². The van der Waals surface area contributed by atoms with E-state index in [0.717, 1.165) is 5.56 Å². The average molecular weight is 490 g/mol. The Hall–Kier alpha value is -2.98. The van der Waals surface area contributed by atoms with Crippen molar-refractivity contribution in [3.8, 4) is 0 Å². The number of ketones is 1. The molecule has 1 fully saturated rings. The molecular formula is C25H35N3O7. The lowest BCUT2D eigenvalue weighted by Gasteiger charge is -2.28. The quantitative estimate of drug-likeness (QED) is 0.445. The molecule has 2 aliphatic heterocycles. The Bertz CT molecular complexity index is 982. The fourth-order valence-electron chi connectivity index (χ4n) is 4.08. The summed E-state index contributed by atoms with van der Waals surface area (Å²) in [5.74, 6) is -1.33. The predicted octanol–water partition coefficient (Wildman–Crippen LogP) is 1.33. The van der Waals surface area contributed by atoms with Gasteiger partial charge >= 0.3 is 6.09 Å². The van der Waals surface area contributed by atoms with E-state index in [-0.39, 0.29) is 31.3 Å². The summed E-state index contributed by atoms with van der Waals surface area (Å²) in [5.41, 5.74) is -0.582. The molecule has 0 aliphatic carbocycles. The van der Waals surface area contributed by atoms with Crippen molar-refractivity contribution >= 4 is 29.4 Å². The van der Waals surface area contributed by atoms with E-state index in [2.05, 4.69) is 10.6 Å². The van der Waals surface area contributed by atoms with Gasteiger partial charge in [-0.1, -0.05) is 32.0 Å². The largest absolute Gasteiger partial charge is 0.443 e. The summed E-state index contributed by atoms with van der Waals surface area (Å²) in [6, 6.07) is 5.47. The topological polar surface area (TPSA) is 138 Å². The van der Waals surface area contributed by atoms with Gasteiger partial charge in [0.15, 0.2) is 11.4 Å². The molecule has 3 unspecified atom stereocenters. The van der Waals surface area contributed by atoms with Crippen LogP contribution in [0.25, 0.3) is 0 Å². The van der Waals surface area contributed by atoms with Crippen LogP contribution in [-0.4, -0.2) is 71.8 Å². The van der Waals surface area contributed by atoms with Crippen LogP contribution in [0.15, 0.2) is 24.3 Å². The highest BCUT2D eigenvalue weighted by Gasteiger charge is 2.54. The van der Waals surface area contributed by atoms with E-state index in [0.29, 0.717) is 12.1 Å². The number of para-hydroxylation sites is 1. The summed E-state index contributed by atoms with van der Waals surface area (Å²) in [4.78, 5) is 52.7. The number of fused-ring (bicyclic) bond motifs is 1. The summed E-state index contributed by atoms with van der Waals surface area (Å²) in [5, 5.41) is 14.7. The number of ether oxygens (including phenoxy) is 2. The molecule has 3 N–H and O–H groups in total. The summed E-state index contributed by atoms with van der Waals surface area (Å²) in [7, 11) is 0. The first-order valence-electron chi connectivity index (χ1n) is 11.8. The van der Waals surface area contributed by atoms with Gasteiger partial charge in [-0.05, 0) is 44.7 Å². The number of carbonyl (C=O) groups excluding carboxylic acids is 4. The van der Waals surface area contributed by atoms with Crippen LogP contribution in [0.2, 0.25) is 0 Å². The summed E-state index contributed by atoms with van der Waals surface area (Å²) in [6.07, 6.45) is 0.00942. The van der Waals surface area contributed by atoms with E-state index in [1.54, 1.807) is 32.9 Å². The molecule has 10 heteroatoms. The molecular weight excluding hydrogens is 454 g/mol. The molecule has 0 radical (unpaired) electrons. The number of rotatable bonds is 9. The zero-order valence-corrected chi connectivity index (χ0v) is 20.9. The molecule has 2 heterocycles. The first-order chi connectivity index (χ1) is 16.4. The van der Waals surface area contributed by atoms with Gasteiger partial charge in [0.2, 0.25) is 11.8 Å². The Morgan fingerprint density at radius 1 is 1.23 bits per heavy atom. The molecule has 10 nitrogen and oxygen atoms in total. The molecule has 192 valence electrons. The molecule has 3 rings (SSSR count). The number of Topliss-reactive ketones (excluding diaryl/α,β-unsaturated/α-hetero) is 1. The highest BCUT2D eigenvalue weighted by molar-refractivity contribution is 6.02. The Kier molecular flexibility index (Phi) is 7.86. The molecule has 3 amide bonds. The van der Waals surface area contributed by atoms with Crippen molar-refractivity contribution in [1.29, 1.82) is 0 Å². The highest BCUT2D eigenvalue weighted by atomic mass is 16.6. The van der Waals surface area contributed by atoms with Crippen molar-refractivity contribution in [2.75, 3.05) is 24.7 Å². The van der Waals surface area contributed by atoms with Gasteiger partial charge in [-0.3, -0.25) is 19.3 Å². The van der Waals surface area contributed by atoms with Crippen LogP contribution in [0, 0.1) is 5.92 Å². The van der Waals surface area contributed by atoms with E-state index in [1.165, 1.54) is 4.90 Å². The van der Waals surface area contributed by atoms with Crippen molar-refractivity contribution in [2.45, 2.75) is 70.7 Å². The molecule has 0 spiro atoms. The standard InChI is InChI=1S/C25H35N3O7/c1-15(2)10-17(21(31)25(13-29)14-34-25)27-20(30)12-26-22(32)19-11-16-8-6-7-9-18(16)28(19)23(33)35-24(3,4)5/h6-9,15,17,19,29H,10-14H2,1-5H3,(H,26,32)(H,27,30). The molecule has 2 aliphatic rings. The smallest absolute Gasteiger partial charge is 0.415 e. The number of aliphatic hydroxyl groups is 1. The second-order valence-electron chi connectivity index (χ2n) is 10.5. The van der Waals surface area contributed by atoms with Crippen LogP contribution in [0.4, 0.5) is 10.5 Å². The van der Waals surface area contributed by atoms with Gasteiger partial charge < -0.3 is 25.2 Å². The van der Waals surface area contributed by atoms with Crippen LogP contribution in [0.5, 0.6) is 0 Å². The molecule has 0 aromatic heterocycles. The van der Waals surface area contributed by atoms with E-state index in [4.69, 9.17) is 9.47 Å². The summed E-state index contributed by atoms with van der Waals surface area (Å²) < 4.78 is 10.7. The normalized spacial score (nSPS) is 21.8. The number of epoxide rings is 1. The molecule has 1 saturated heterocycles. The number of hydrogen-bond acceptors (Lipinski definition) is 7. The van der Waals surface area contributed by atoms with Gasteiger partial charge in [-0.25, -0.2) is 4.79 Å². The van der Waals surface area contributed by atoms with E-state index in [1.807, 2.05) is 26.0 Å². The third-order valence-electron chi connectivity index (χ3n) is 5.85. The maximum Gasteiger partial charge on any atom is 0.415 e. The van der Waals surface area contributed by atoms with Gasteiger partial charge in [0, 0.05) is 6.42 Å². The molecule has 0 saturated carbocycles. The van der Waals surface area contributed by atoms with E-state index >= 15 is 0 Å². The predicted molar refractivity (Wildman–Crippen MR) is 128 cm³/mol. The fraction of sp³-hybridized carbons (Fsp3) is 0.600. The Balaban J connectivity index is 1.65.